The SMILES string of the molecule is C=C[CH2][Pd]([NH2])[NH2].OB(O)F.OB(O)F.OB(O)F.OB(O)F. The molecule has 0 saturated heterocycles. The summed E-state index contributed by atoms with van der Waals surface area (Å²) in [6, 6.07) is 0. The molecule has 0 fully saturated rings. The van der Waals surface area contributed by atoms with Crippen LogP contribution in [0, 0.1) is 0 Å². The number of rotatable bonds is 2. The van der Waals surface area contributed by atoms with Gasteiger partial charge >= 0.3 is 73.1 Å². The quantitative estimate of drug-likeness (QED) is 0.114. The van der Waals surface area contributed by atoms with E-state index in [0.29, 0.717) is 0 Å². The van der Waals surface area contributed by atoms with Crippen molar-refractivity contribution < 1.29 is 74.7 Å². The van der Waals surface area contributed by atoms with Gasteiger partial charge in [-0.05, 0) is 0 Å². The fourth-order valence-corrected chi connectivity index (χ4v) is 0.624. The molecule has 0 aliphatic carbocycles. The van der Waals surface area contributed by atoms with E-state index in [2.05, 4.69) is 6.58 Å². The third-order valence-electron chi connectivity index (χ3n) is 0.240. The summed E-state index contributed by atoms with van der Waals surface area (Å²) >= 11 is -1.12. The molecular weight excluding hydrogens is 418 g/mol. The molecule has 0 aliphatic heterocycles. The van der Waals surface area contributed by atoms with Crippen LogP contribution in [0.2, 0.25) is 4.89 Å². The first-order chi connectivity index (χ1) is 9.70. The number of nitrogens with two attached hydrogens (primary N) is 2. The molecule has 10 nitrogen and oxygen atoms in total. The molecule has 0 radical (unpaired) electrons. The van der Waals surface area contributed by atoms with Gasteiger partial charge in [0, 0.05) is 0 Å². The molecule has 0 amide bonds. The minimum atomic E-state index is -2.67. The van der Waals surface area contributed by atoms with Crippen molar-refractivity contribution >= 4 is 29.6 Å². The van der Waals surface area contributed by atoms with Crippen LogP contribution in [0.25, 0.3) is 0 Å². The van der Waals surface area contributed by atoms with Crippen LogP contribution in [0.3, 0.4) is 0 Å². The van der Waals surface area contributed by atoms with Gasteiger partial charge in [0.1, 0.15) is 0 Å². The summed E-state index contributed by atoms with van der Waals surface area (Å²) in [6.45, 7) is 3.47. The van der Waals surface area contributed by atoms with Crippen LogP contribution in [0.15, 0.2) is 12.7 Å². The van der Waals surface area contributed by atoms with Gasteiger partial charge in [-0.25, -0.2) is 0 Å². The van der Waals surface area contributed by atoms with E-state index in [-0.39, 0.29) is 0 Å². The maximum atomic E-state index is 10.1. The predicted molar refractivity (Wildman–Crippen MR) is 68.6 cm³/mol. The Hall–Kier alpha value is -0.0179. The first-order valence-electron chi connectivity index (χ1n) is 4.34. The zero-order chi connectivity index (χ0) is 19.3. The first-order valence-corrected chi connectivity index (χ1v) is 7.24. The van der Waals surface area contributed by atoms with Gasteiger partial charge in [0.15, 0.2) is 0 Å². The maximum absolute atomic E-state index is 10.1. The van der Waals surface area contributed by atoms with Gasteiger partial charge in [0.05, 0.1) is 0 Å². The minimum absolute atomic E-state index is 0.811. The summed E-state index contributed by atoms with van der Waals surface area (Å²) in [5.74, 6) is 0. The third-order valence-corrected chi connectivity index (χ3v) is 1.42. The van der Waals surface area contributed by atoms with Gasteiger partial charge in [0.25, 0.3) is 0 Å². The Labute approximate surface area is 131 Å². The van der Waals surface area contributed by atoms with Crippen molar-refractivity contribution in [2.45, 2.75) is 4.89 Å². The van der Waals surface area contributed by atoms with Gasteiger partial charge in [-0.2, -0.15) is 0 Å². The Morgan fingerprint density at radius 3 is 0.864 bits per heavy atom. The number of hydrogen-bond donors (Lipinski definition) is 10. The van der Waals surface area contributed by atoms with E-state index in [0.717, 1.165) is 4.89 Å². The summed E-state index contributed by atoms with van der Waals surface area (Å²) in [4.78, 5) is 0.811. The predicted octanol–water partition coefficient (Wildman–Crippen LogP) is -4.34. The molecular formula is C3H17B4F4N2O8Pd. The van der Waals surface area contributed by atoms with Gasteiger partial charge < -0.3 is 40.2 Å². The monoisotopic (exact) mass is 435 g/mol. The summed E-state index contributed by atoms with van der Waals surface area (Å²) in [7, 11) is -10.7. The van der Waals surface area contributed by atoms with Crippen molar-refractivity contribution in [3.63, 3.8) is 0 Å². The fourth-order valence-electron chi connectivity index (χ4n) is 0.105. The molecule has 0 aliphatic rings. The molecule has 0 bridgehead atoms. The normalized spacial score (nSPS) is 7.82. The van der Waals surface area contributed by atoms with Crippen LogP contribution in [-0.2, 0) is 17.3 Å². The Balaban J connectivity index is -0.0000000555. The van der Waals surface area contributed by atoms with E-state index < -0.39 is 46.8 Å². The largest absolute Gasteiger partial charge is 0.674 e. The van der Waals surface area contributed by atoms with Gasteiger partial charge in [0.2, 0.25) is 0 Å². The zero-order valence-corrected chi connectivity index (χ0v) is 12.4. The van der Waals surface area contributed by atoms with Crippen molar-refractivity contribution in [2.75, 3.05) is 0 Å². The molecule has 0 unspecified atom stereocenters. The standard InChI is InChI=1S/C3H5.4BFH2O2.2H2N.Pd/c1-3-2;4*2-1(3)4;;;/h3H,1-2H2;4*3-4H;2*1H2;/q;;;;;2*-1;+2. The summed E-state index contributed by atoms with van der Waals surface area (Å²) in [5, 5.41) is 55.6. The zero-order valence-electron chi connectivity index (χ0n) is 10.9. The molecule has 137 valence electrons. The van der Waals surface area contributed by atoms with Crippen molar-refractivity contribution in [2.24, 2.45) is 8.73 Å². The van der Waals surface area contributed by atoms with Crippen molar-refractivity contribution in [3.8, 4) is 0 Å². The van der Waals surface area contributed by atoms with Gasteiger partial charge in [-0.1, -0.05) is 0 Å². The van der Waals surface area contributed by atoms with E-state index in [9.17, 15) is 17.3 Å². The summed E-state index contributed by atoms with van der Waals surface area (Å²) in [6.07, 6.45) is 1.75. The minimum Gasteiger partial charge on any atom is -0.398 e. The van der Waals surface area contributed by atoms with Gasteiger partial charge in [-0.3, -0.25) is 17.3 Å². The molecule has 12 N–H and O–H groups in total. The number of halogens is 4. The average Bonchev–Trinajstić information content (AvgIpc) is 2.12. The molecule has 0 saturated carbocycles. The van der Waals surface area contributed by atoms with E-state index in [4.69, 9.17) is 48.9 Å². The van der Waals surface area contributed by atoms with Crippen molar-refractivity contribution in [1.82, 2.24) is 0 Å². The topological polar surface area (TPSA) is 214 Å². The van der Waals surface area contributed by atoms with E-state index in [1.807, 2.05) is 0 Å². The smallest absolute Gasteiger partial charge is 0.398 e. The third kappa shape index (κ3) is 810. The van der Waals surface area contributed by atoms with Crippen LogP contribution in [0.4, 0.5) is 17.3 Å². The summed E-state index contributed by atoms with van der Waals surface area (Å²) in [5.41, 5.74) is 0. The Morgan fingerprint density at radius 1 is 0.727 bits per heavy atom. The number of hydrogen-bond acceptors (Lipinski definition) is 10. The number of allylic oxidation sites excluding steroid dienone is 1. The van der Waals surface area contributed by atoms with Crippen LogP contribution in [0.5, 0.6) is 0 Å². The molecule has 0 rings (SSSR count). The molecule has 19 heteroatoms. The Morgan fingerprint density at radius 2 is 0.864 bits per heavy atom. The molecule has 0 atom stereocenters. The first kappa shape index (κ1) is 33.6. The van der Waals surface area contributed by atoms with Gasteiger partial charge in [-0.15, -0.1) is 0 Å². The van der Waals surface area contributed by atoms with Crippen molar-refractivity contribution in [1.29, 1.82) is 0 Å². The molecule has 0 heterocycles. The van der Waals surface area contributed by atoms with Crippen molar-refractivity contribution in [3.05, 3.63) is 12.7 Å². The molecule has 0 aromatic rings. The molecule has 0 aromatic heterocycles. The van der Waals surface area contributed by atoms with E-state index in [1.165, 1.54) is 0 Å². The van der Waals surface area contributed by atoms with Crippen LogP contribution in [0.1, 0.15) is 0 Å². The fraction of sp³-hybridized carbons (Fsp3) is 0.333. The molecule has 0 aromatic carbocycles. The van der Waals surface area contributed by atoms with E-state index >= 15 is 0 Å². The second-order valence-electron chi connectivity index (χ2n) is 2.02. The Kier molecular flexibility index (Phi) is 44.3. The van der Waals surface area contributed by atoms with Crippen LogP contribution in [-0.4, -0.2) is 69.8 Å². The van der Waals surface area contributed by atoms with E-state index in [1.54, 1.807) is 6.08 Å². The second-order valence-corrected chi connectivity index (χ2v) is 4.45. The second kappa shape index (κ2) is 29.1. The maximum Gasteiger partial charge on any atom is 0.674 e. The summed E-state index contributed by atoms with van der Waals surface area (Å²) < 4.78 is 50.9. The molecule has 22 heavy (non-hydrogen) atoms. The Bertz CT molecular complexity index is 166. The average molecular weight is 435 g/mol. The van der Waals surface area contributed by atoms with Crippen LogP contribution >= 0.6 is 0 Å². The molecule has 0 spiro atoms. The van der Waals surface area contributed by atoms with Crippen LogP contribution < -0.4 is 8.73 Å².